The summed E-state index contributed by atoms with van der Waals surface area (Å²) in [5.41, 5.74) is 22.2. The Morgan fingerprint density at radius 2 is 1.00 bits per heavy atom. The largest absolute Gasteiger partial charge is 0.497 e. The normalized spacial score (nSPS) is 11.0. The molecule has 0 aromatic heterocycles. The van der Waals surface area contributed by atoms with Crippen molar-refractivity contribution in [1.29, 1.82) is 0 Å². The van der Waals surface area contributed by atoms with E-state index in [2.05, 4.69) is 64.1 Å². The first-order valence-electron chi connectivity index (χ1n) is 9.19. The summed E-state index contributed by atoms with van der Waals surface area (Å²) in [4.78, 5) is 0. The predicted molar refractivity (Wildman–Crippen MR) is 115 cm³/mol. The number of nitrogens with two attached hydrogens (primary N) is 2. The Bertz CT molecular complexity index is 871. The first-order valence-corrected chi connectivity index (χ1v) is 9.19. The van der Waals surface area contributed by atoms with Gasteiger partial charge in [0.05, 0.1) is 7.11 Å². The smallest absolute Gasteiger partial charge is 0.118 e. The van der Waals surface area contributed by atoms with Gasteiger partial charge in [0.25, 0.3) is 0 Å². The van der Waals surface area contributed by atoms with Crippen LogP contribution in [0.3, 0.4) is 0 Å². The van der Waals surface area contributed by atoms with Crippen LogP contribution >= 0.6 is 0 Å². The lowest BCUT2D eigenvalue weighted by molar-refractivity contribution is 0.414. The summed E-state index contributed by atoms with van der Waals surface area (Å²) >= 11 is 0. The molecule has 0 saturated heterocycles. The highest BCUT2D eigenvalue weighted by molar-refractivity contribution is 5.60. The van der Waals surface area contributed by atoms with Crippen molar-refractivity contribution in [2.75, 3.05) is 18.6 Å². The molecule has 3 nitrogen and oxygen atoms in total. The van der Waals surface area contributed by atoms with E-state index in [9.17, 15) is 0 Å². The number of anilines is 2. The molecule has 0 aliphatic rings. The lowest BCUT2D eigenvalue weighted by atomic mass is 9.82. The highest BCUT2D eigenvalue weighted by Crippen LogP contribution is 2.37. The van der Waals surface area contributed by atoms with Crippen molar-refractivity contribution in [3.05, 3.63) is 87.5 Å². The Labute approximate surface area is 162 Å². The first kappa shape index (κ1) is 18.8. The molecule has 0 atom stereocenters. The Morgan fingerprint density at radius 3 is 1.33 bits per heavy atom. The predicted octanol–water partition coefficient (Wildman–Crippen LogP) is 5.27. The summed E-state index contributed by atoms with van der Waals surface area (Å²) in [5, 5.41) is 0. The van der Waals surface area contributed by atoms with Crippen molar-refractivity contribution in [2.24, 2.45) is 0 Å². The molecule has 3 aromatic carbocycles. The van der Waals surface area contributed by atoms with Crippen molar-refractivity contribution in [2.45, 2.75) is 33.6 Å². The van der Waals surface area contributed by atoms with Crippen molar-refractivity contribution >= 4 is 11.4 Å². The monoisotopic (exact) mass is 360 g/mol. The van der Waals surface area contributed by atoms with Crippen LogP contribution in [0.15, 0.2) is 48.5 Å². The minimum absolute atomic E-state index is 0.104. The van der Waals surface area contributed by atoms with E-state index < -0.39 is 0 Å². The van der Waals surface area contributed by atoms with Crippen LogP contribution in [0.1, 0.15) is 44.9 Å². The van der Waals surface area contributed by atoms with E-state index in [-0.39, 0.29) is 5.92 Å². The van der Waals surface area contributed by atoms with E-state index in [1.807, 2.05) is 12.1 Å². The average molecular weight is 361 g/mol. The van der Waals surface area contributed by atoms with Gasteiger partial charge < -0.3 is 16.2 Å². The van der Waals surface area contributed by atoms with E-state index in [0.717, 1.165) is 39.4 Å². The Kier molecular flexibility index (Phi) is 5.13. The number of aryl methyl sites for hydroxylation is 4. The molecule has 0 heterocycles. The maximum atomic E-state index is 6.20. The number of hydrogen-bond donors (Lipinski definition) is 2. The van der Waals surface area contributed by atoms with E-state index in [1.54, 1.807) is 7.11 Å². The zero-order valence-electron chi connectivity index (χ0n) is 16.8. The molecular formula is C24H28N2O. The van der Waals surface area contributed by atoms with Gasteiger partial charge in [0.2, 0.25) is 0 Å². The topological polar surface area (TPSA) is 61.3 Å². The molecule has 3 heteroatoms. The molecule has 4 N–H and O–H groups in total. The van der Waals surface area contributed by atoms with Crippen molar-refractivity contribution in [3.8, 4) is 5.75 Å². The molecule has 0 unspecified atom stereocenters. The molecule has 0 saturated carbocycles. The molecule has 0 fully saturated rings. The maximum absolute atomic E-state index is 6.20. The van der Waals surface area contributed by atoms with Crippen LogP contribution in [-0.2, 0) is 0 Å². The molecule has 0 radical (unpaired) electrons. The van der Waals surface area contributed by atoms with Crippen LogP contribution in [0.5, 0.6) is 5.75 Å². The third kappa shape index (κ3) is 3.63. The van der Waals surface area contributed by atoms with Crippen LogP contribution in [-0.4, -0.2) is 7.11 Å². The third-order valence-corrected chi connectivity index (χ3v) is 5.35. The maximum Gasteiger partial charge on any atom is 0.118 e. The van der Waals surface area contributed by atoms with Gasteiger partial charge in [-0.25, -0.2) is 0 Å². The fraction of sp³-hybridized carbons (Fsp3) is 0.250. The number of methoxy groups -OCH3 is 1. The minimum atomic E-state index is 0.104. The van der Waals surface area contributed by atoms with Crippen molar-refractivity contribution in [3.63, 3.8) is 0 Å². The summed E-state index contributed by atoms with van der Waals surface area (Å²) in [6.45, 7) is 8.26. The van der Waals surface area contributed by atoms with Gasteiger partial charge in [0.15, 0.2) is 0 Å². The highest BCUT2D eigenvalue weighted by atomic mass is 16.5. The van der Waals surface area contributed by atoms with Gasteiger partial charge in [-0.05, 0) is 78.8 Å². The molecule has 140 valence electrons. The molecule has 27 heavy (non-hydrogen) atoms. The van der Waals surface area contributed by atoms with Gasteiger partial charge in [-0.1, -0.05) is 36.4 Å². The standard InChI is InChI=1S/C24H28N2O/c1-14-10-19(11-15(2)23(14)25)22(18-6-8-21(27-5)9-7-18)20-12-16(3)24(26)17(4)13-20/h6-13,22H,25-26H2,1-5H3. The second-order valence-corrected chi connectivity index (χ2v) is 7.34. The van der Waals surface area contributed by atoms with E-state index >= 15 is 0 Å². The van der Waals surface area contributed by atoms with Gasteiger partial charge in [-0.3, -0.25) is 0 Å². The number of ether oxygens (including phenoxy) is 1. The Hall–Kier alpha value is -2.94. The van der Waals surface area contributed by atoms with Gasteiger partial charge in [-0.2, -0.15) is 0 Å². The van der Waals surface area contributed by atoms with Crippen molar-refractivity contribution < 1.29 is 4.74 Å². The number of rotatable bonds is 4. The average Bonchev–Trinajstić information content (AvgIpc) is 2.64. The van der Waals surface area contributed by atoms with Crippen LogP contribution in [0.4, 0.5) is 11.4 Å². The van der Waals surface area contributed by atoms with Gasteiger partial charge in [0.1, 0.15) is 5.75 Å². The Balaban J connectivity index is 2.23. The summed E-state index contributed by atoms with van der Waals surface area (Å²) in [6.07, 6.45) is 0. The van der Waals surface area contributed by atoms with Gasteiger partial charge in [-0.15, -0.1) is 0 Å². The minimum Gasteiger partial charge on any atom is -0.497 e. The SMILES string of the molecule is COc1ccc(C(c2cc(C)c(N)c(C)c2)c2cc(C)c(N)c(C)c2)cc1. The summed E-state index contributed by atoms with van der Waals surface area (Å²) in [5.74, 6) is 0.957. The van der Waals surface area contributed by atoms with Crippen LogP contribution < -0.4 is 16.2 Å². The van der Waals surface area contributed by atoms with Crippen LogP contribution in [0, 0.1) is 27.7 Å². The second-order valence-electron chi connectivity index (χ2n) is 7.34. The fourth-order valence-electron chi connectivity index (χ4n) is 3.72. The fourth-order valence-corrected chi connectivity index (χ4v) is 3.72. The van der Waals surface area contributed by atoms with Gasteiger partial charge >= 0.3 is 0 Å². The van der Waals surface area contributed by atoms with E-state index in [0.29, 0.717) is 0 Å². The molecule has 0 aliphatic heterocycles. The molecular weight excluding hydrogens is 332 g/mol. The van der Waals surface area contributed by atoms with E-state index in [1.165, 1.54) is 16.7 Å². The number of hydrogen-bond acceptors (Lipinski definition) is 3. The molecule has 3 rings (SSSR count). The molecule has 0 aliphatic carbocycles. The lowest BCUT2D eigenvalue weighted by Gasteiger charge is -2.23. The molecule has 0 amide bonds. The molecule has 3 aromatic rings. The summed E-state index contributed by atoms with van der Waals surface area (Å²) in [7, 11) is 1.69. The zero-order valence-corrected chi connectivity index (χ0v) is 16.8. The summed E-state index contributed by atoms with van der Waals surface area (Å²) in [6, 6.07) is 17.1. The number of nitrogen functional groups attached to an aromatic ring is 2. The Morgan fingerprint density at radius 1 is 0.630 bits per heavy atom. The second kappa shape index (κ2) is 7.36. The number of benzene rings is 3. The quantitative estimate of drug-likeness (QED) is 0.492. The zero-order chi connectivity index (χ0) is 19.7. The molecule has 0 spiro atoms. The molecule has 0 bridgehead atoms. The highest BCUT2D eigenvalue weighted by Gasteiger charge is 2.20. The first-order chi connectivity index (χ1) is 12.8. The van der Waals surface area contributed by atoms with E-state index in [4.69, 9.17) is 16.2 Å². The lowest BCUT2D eigenvalue weighted by Crippen LogP contribution is -2.07. The summed E-state index contributed by atoms with van der Waals surface area (Å²) < 4.78 is 5.34. The van der Waals surface area contributed by atoms with Crippen LogP contribution in [0.25, 0.3) is 0 Å². The van der Waals surface area contributed by atoms with Gasteiger partial charge in [0, 0.05) is 17.3 Å². The van der Waals surface area contributed by atoms with Crippen molar-refractivity contribution in [1.82, 2.24) is 0 Å². The third-order valence-electron chi connectivity index (χ3n) is 5.35. The van der Waals surface area contributed by atoms with Crippen LogP contribution in [0.2, 0.25) is 0 Å².